The third-order valence-corrected chi connectivity index (χ3v) is 4.96. The number of unbranched alkanes of at least 4 members (excludes halogenated alkanes) is 5. The van der Waals surface area contributed by atoms with Crippen molar-refractivity contribution in [3.8, 4) is 0 Å². The molecule has 0 amide bonds. The van der Waals surface area contributed by atoms with Crippen LogP contribution in [0.15, 0.2) is 37.0 Å². The van der Waals surface area contributed by atoms with Gasteiger partial charge in [-0.15, -0.1) is 0 Å². The summed E-state index contributed by atoms with van der Waals surface area (Å²) in [4.78, 5) is 0. The van der Waals surface area contributed by atoms with Gasteiger partial charge in [-0.2, -0.15) is 0 Å². The number of benzene rings is 1. The number of rotatable bonds is 15. The van der Waals surface area contributed by atoms with Crippen LogP contribution in [0.25, 0.3) is 0 Å². The maximum Gasteiger partial charge on any atom is 0.285 e. The normalized spacial score (nSPS) is 12.8. The van der Waals surface area contributed by atoms with Gasteiger partial charge in [-0.25, -0.2) is 0 Å². The second kappa shape index (κ2) is 12.9. The lowest BCUT2D eigenvalue weighted by Gasteiger charge is -2.36. The van der Waals surface area contributed by atoms with Crippen LogP contribution in [0.3, 0.4) is 0 Å². The predicted octanol–water partition coefficient (Wildman–Crippen LogP) is 5.74. The molecule has 0 fully saturated rings. The van der Waals surface area contributed by atoms with Gasteiger partial charge >= 0.3 is 0 Å². The summed E-state index contributed by atoms with van der Waals surface area (Å²) in [6.07, 6.45) is 11.2. The molecule has 0 aliphatic heterocycles. The van der Waals surface area contributed by atoms with Crippen molar-refractivity contribution in [1.29, 1.82) is 0 Å². The first-order valence-electron chi connectivity index (χ1n) is 9.77. The van der Waals surface area contributed by atoms with Gasteiger partial charge in [0.25, 0.3) is 5.97 Å². The molecular formula is C22H37NO3. The van der Waals surface area contributed by atoms with Crippen molar-refractivity contribution in [3.63, 3.8) is 0 Å². The van der Waals surface area contributed by atoms with Gasteiger partial charge in [0.2, 0.25) is 0 Å². The molecule has 26 heavy (non-hydrogen) atoms. The molecule has 0 aliphatic carbocycles. The summed E-state index contributed by atoms with van der Waals surface area (Å²) in [6.45, 7) is 5.94. The fourth-order valence-corrected chi connectivity index (χ4v) is 3.46. The molecule has 0 aliphatic rings. The lowest BCUT2D eigenvalue weighted by molar-refractivity contribution is -0.379. The van der Waals surface area contributed by atoms with E-state index in [0.29, 0.717) is 0 Å². The summed E-state index contributed by atoms with van der Waals surface area (Å²) in [6, 6.07) is 8.39. The van der Waals surface area contributed by atoms with E-state index in [1.807, 2.05) is 0 Å². The van der Waals surface area contributed by atoms with Crippen LogP contribution in [0.5, 0.6) is 0 Å². The van der Waals surface area contributed by atoms with E-state index < -0.39 is 5.97 Å². The Bertz CT molecular complexity index is 474. The fraction of sp³-hybridized carbons (Fsp3) is 0.636. The molecule has 4 heteroatoms. The van der Waals surface area contributed by atoms with Crippen LogP contribution in [-0.2, 0) is 20.6 Å². The molecule has 1 N–H and O–H groups in total. The summed E-state index contributed by atoms with van der Waals surface area (Å²) in [5, 5.41) is 3.10. The number of methoxy groups -OCH3 is 3. The molecule has 1 aromatic carbocycles. The van der Waals surface area contributed by atoms with Crippen LogP contribution in [0.1, 0.15) is 57.4 Å². The van der Waals surface area contributed by atoms with E-state index in [1.165, 1.54) is 37.7 Å². The topological polar surface area (TPSA) is 39.7 Å². The monoisotopic (exact) mass is 363 g/mol. The number of hydrogen-bond acceptors (Lipinski definition) is 4. The average molecular weight is 364 g/mol. The highest BCUT2D eigenvalue weighted by molar-refractivity contribution is 5.46. The Morgan fingerprint density at radius 3 is 2.08 bits per heavy atom. The smallest absolute Gasteiger partial charge is 0.285 e. The van der Waals surface area contributed by atoms with Crippen molar-refractivity contribution in [3.05, 3.63) is 42.6 Å². The molecule has 0 bridgehead atoms. The van der Waals surface area contributed by atoms with E-state index in [0.717, 1.165) is 24.9 Å². The molecule has 1 unspecified atom stereocenters. The molecule has 148 valence electrons. The first-order chi connectivity index (χ1) is 12.7. The van der Waals surface area contributed by atoms with E-state index in [-0.39, 0.29) is 5.92 Å². The minimum Gasteiger partial charge on any atom is -0.362 e. The maximum absolute atomic E-state index is 5.66. The number of anilines is 1. The Kier molecular flexibility index (Phi) is 11.3. The van der Waals surface area contributed by atoms with E-state index >= 15 is 0 Å². The van der Waals surface area contributed by atoms with Gasteiger partial charge in [0, 0.05) is 32.9 Å². The second-order valence-corrected chi connectivity index (χ2v) is 6.72. The molecule has 1 rings (SSSR count). The first kappa shape index (κ1) is 22.7. The molecule has 0 radical (unpaired) electrons. The quantitative estimate of drug-likeness (QED) is 0.318. The standard InChI is InChI=1S/C22H37NO3/c1-6-8-9-10-11-12-13-20(22(24-3,25-4)26-5)18-19-14-16-21(17-15-19)23-7-2/h7,14-17,20,23H,2,6,8-13,18H2,1,3-5H3. The van der Waals surface area contributed by atoms with Gasteiger partial charge in [-0.05, 0) is 36.7 Å². The molecule has 0 aromatic heterocycles. The molecule has 0 saturated carbocycles. The van der Waals surface area contributed by atoms with Gasteiger partial charge in [0.15, 0.2) is 0 Å². The molecule has 1 aromatic rings. The van der Waals surface area contributed by atoms with Crippen LogP contribution in [-0.4, -0.2) is 27.3 Å². The van der Waals surface area contributed by atoms with Crippen LogP contribution in [0.2, 0.25) is 0 Å². The number of nitrogens with one attached hydrogen (secondary N) is 1. The van der Waals surface area contributed by atoms with Crippen molar-refractivity contribution in [1.82, 2.24) is 0 Å². The highest BCUT2D eigenvalue weighted by atomic mass is 16.9. The first-order valence-corrected chi connectivity index (χ1v) is 9.77. The highest BCUT2D eigenvalue weighted by Gasteiger charge is 2.39. The van der Waals surface area contributed by atoms with Gasteiger partial charge in [0.05, 0.1) is 0 Å². The lowest BCUT2D eigenvalue weighted by Crippen LogP contribution is -2.45. The molecular weight excluding hydrogens is 326 g/mol. The van der Waals surface area contributed by atoms with Crippen molar-refractivity contribution >= 4 is 5.69 Å². The van der Waals surface area contributed by atoms with Crippen LogP contribution < -0.4 is 5.32 Å². The minimum atomic E-state index is -0.999. The molecule has 1 atom stereocenters. The average Bonchev–Trinajstić information content (AvgIpc) is 2.67. The molecule has 0 saturated heterocycles. The summed E-state index contributed by atoms with van der Waals surface area (Å²) >= 11 is 0. The van der Waals surface area contributed by atoms with Crippen molar-refractivity contribution in [2.24, 2.45) is 5.92 Å². The van der Waals surface area contributed by atoms with Crippen molar-refractivity contribution < 1.29 is 14.2 Å². The summed E-state index contributed by atoms with van der Waals surface area (Å²) in [5.41, 5.74) is 2.28. The lowest BCUT2D eigenvalue weighted by atomic mass is 9.90. The van der Waals surface area contributed by atoms with E-state index in [1.54, 1.807) is 27.5 Å². The third-order valence-electron chi connectivity index (χ3n) is 4.96. The number of hydrogen-bond donors (Lipinski definition) is 1. The molecule has 0 spiro atoms. The van der Waals surface area contributed by atoms with Crippen LogP contribution >= 0.6 is 0 Å². The molecule has 4 nitrogen and oxygen atoms in total. The van der Waals surface area contributed by atoms with Crippen molar-refractivity contribution in [2.45, 2.75) is 64.3 Å². The Balaban J connectivity index is 2.74. The zero-order chi connectivity index (χ0) is 19.3. The Morgan fingerprint density at radius 2 is 1.54 bits per heavy atom. The second-order valence-electron chi connectivity index (χ2n) is 6.72. The van der Waals surface area contributed by atoms with Crippen molar-refractivity contribution in [2.75, 3.05) is 26.6 Å². The SMILES string of the molecule is C=CNc1ccc(CC(CCCCCCCC)C(OC)(OC)OC)cc1. The Morgan fingerprint density at radius 1 is 0.962 bits per heavy atom. The summed E-state index contributed by atoms with van der Waals surface area (Å²) in [7, 11) is 4.95. The zero-order valence-corrected chi connectivity index (χ0v) is 17.1. The third kappa shape index (κ3) is 7.10. The van der Waals surface area contributed by atoms with E-state index in [9.17, 15) is 0 Å². The minimum absolute atomic E-state index is 0.131. The van der Waals surface area contributed by atoms with Gasteiger partial charge in [-0.1, -0.05) is 64.2 Å². The van der Waals surface area contributed by atoms with Gasteiger partial charge in [-0.3, -0.25) is 0 Å². The predicted molar refractivity (Wildman–Crippen MR) is 109 cm³/mol. The zero-order valence-electron chi connectivity index (χ0n) is 17.1. The Labute approximate surface area is 159 Å². The van der Waals surface area contributed by atoms with Crippen LogP contribution in [0.4, 0.5) is 5.69 Å². The van der Waals surface area contributed by atoms with E-state index in [2.05, 4.69) is 43.1 Å². The molecule has 0 heterocycles. The maximum atomic E-state index is 5.66. The summed E-state index contributed by atoms with van der Waals surface area (Å²) < 4.78 is 17.0. The summed E-state index contributed by atoms with van der Waals surface area (Å²) in [5.74, 6) is -0.867. The van der Waals surface area contributed by atoms with E-state index in [4.69, 9.17) is 14.2 Å². The van der Waals surface area contributed by atoms with Gasteiger partial charge < -0.3 is 19.5 Å². The Hall–Kier alpha value is -1.36. The fourth-order valence-electron chi connectivity index (χ4n) is 3.46. The van der Waals surface area contributed by atoms with Gasteiger partial charge in [0.1, 0.15) is 0 Å². The van der Waals surface area contributed by atoms with Crippen LogP contribution in [0, 0.1) is 5.92 Å². The largest absolute Gasteiger partial charge is 0.362 e. The number of ether oxygens (including phenoxy) is 3. The highest BCUT2D eigenvalue weighted by Crippen LogP contribution is 2.32.